The van der Waals surface area contributed by atoms with E-state index in [0.717, 1.165) is 18.7 Å². The molecule has 98 valence electrons. The van der Waals surface area contributed by atoms with Gasteiger partial charge in [-0.3, -0.25) is 4.79 Å². The van der Waals surface area contributed by atoms with Crippen molar-refractivity contribution in [3.63, 3.8) is 0 Å². The minimum Gasteiger partial charge on any atom is -0.345 e. The number of thioether (sulfide) groups is 1. The number of nitrogens with zero attached hydrogens (tertiary/aromatic N) is 1. The summed E-state index contributed by atoms with van der Waals surface area (Å²) in [7, 11) is 1.87. The maximum Gasteiger partial charge on any atom is 0.230 e. The number of halogens is 1. The fraction of sp³-hybridized carbons (Fsp3) is 0.500. The maximum absolute atomic E-state index is 12.4. The molecule has 2 nitrogen and oxygen atoms in total. The van der Waals surface area contributed by atoms with Gasteiger partial charge in [0.2, 0.25) is 5.91 Å². The lowest BCUT2D eigenvalue weighted by atomic mass is 10.00. The van der Waals surface area contributed by atoms with E-state index < -0.39 is 0 Å². The molecule has 0 aromatic heterocycles. The van der Waals surface area contributed by atoms with E-state index in [0.29, 0.717) is 0 Å². The van der Waals surface area contributed by atoms with Gasteiger partial charge in [-0.25, -0.2) is 0 Å². The molecule has 1 amide bonds. The van der Waals surface area contributed by atoms with Crippen LogP contribution < -0.4 is 0 Å². The molecule has 0 saturated carbocycles. The zero-order chi connectivity index (χ0) is 13.1. The summed E-state index contributed by atoms with van der Waals surface area (Å²) in [5.74, 6) is 1.09. The fourth-order valence-electron chi connectivity index (χ4n) is 2.11. The summed E-state index contributed by atoms with van der Waals surface area (Å²) in [5, 5.41) is 0.116. The zero-order valence-corrected chi connectivity index (χ0v) is 12.3. The first kappa shape index (κ1) is 13.8. The third-order valence-corrected chi connectivity index (χ3v) is 4.64. The maximum atomic E-state index is 12.4. The Balaban J connectivity index is 2.02. The normalized spacial score (nSPS) is 19.4. The van der Waals surface area contributed by atoms with E-state index in [9.17, 15) is 4.79 Å². The molecule has 0 radical (unpaired) electrons. The van der Waals surface area contributed by atoms with Crippen molar-refractivity contribution in [2.24, 2.45) is 0 Å². The molecule has 1 aromatic rings. The van der Waals surface area contributed by atoms with Gasteiger partial charge in [0.15, 0.2) is 0 Å². The van der Waals surface area contributed by atoms with Gasteiger partial charge in [-0.2, -0.15) is 0 Å². The Morgan fingerprint density at radius 2 is 2.28 bits per heavy atom. The van der Waals surface area contributed by atoms with Crippen molar-refractivity contribution in [3.8, 4) is 0 Å². The topological polar surface area (TPSA) is 20.3 Å². The molecule has 18 heavy (non-hydrogen) atoms. The Labute approximate surface area is 118 Å². The van der Waals surface area contributed by atoms with Crippen LogP contribution in [-0.4, -0.2) is 35.5 Å². The number of amides is 1. The molecule has 1 aliphatic rings. The number of carbonyl (C=O) groups excluding carboxylic acids is 1. The monoisotopic (exact) mass is 283 g/mol. The zero-order valence-electron chi connectivity index (χ0n) is 10.7. The standard InChI is InChI=1S/C14H18ClNOS/c1-10(15)7-8-16(2)14(17)12-9-18-13-6-4-3-5-11(12)13/h3-6,10,12H,7-9H2,1-2H3. The summed E-state index contributed by atoms with van der Waals surface area (Å²) in [5.41, 5.74) is 1.18. The number of rotatable bonds is 4. The molecular weight excluding hydrogens is 266 g/mol. The molecule has 0 aliphatic carbocycles. The molecule has 1 heterocycles. The highest BCUT2D eigenvalue weighted by Crippen LogP contribution is 2.40. The summed E-state index contributed by atoms with van der Waals surface area (Å²) >= 11 is 7.70. The summed E-state index contributed by atoms with van der Waals surface area (Å²) in [6.07, 6.45) is 0.839. The summed E-state index contributed by atoms with van der Waals surface area (Å²) in [6.45, 7) is 2.69. The molecule has 1 aliphatic heterocycles. The number of hydrogen-bond acceptors (Lipinski definition) is 2. The lowest BCUT2D eigenvalue weighted by Crippen LogP contribution is -2.33. The van der Waals surface area contributed by atoms with Crippen LogP contribution in [0.3, 0.4) is 0 Å². The van der Waals surface area contributed by atoms with Gasteiger partial charge >= 0.3 is 0 Å². The van der Waals surface area contributed by atoms with Crippen LogP contribution in [0.25, 0.3) is 0 Å². The van der Waals surface area contributed by atoms with Crippen molar-refractivity contribution in [3.05, 3.63) is 29.8 Å². The SMILES string of the molecule is CC(Cl)CCN(C)C(=O)C1CSc2ccccc21. The number of carbonyl (C=O) groups is 1. The molecule has 0 N–H and O–H groups in total. The predicted octanol–water partition coefficient (Wildman–Crippen LogP) is 3.35. The fourth-order valence-corrected chi connectivity index (χ4v) is 3.43. The third-order valence-electron chi connectivity index (χ3n) is 3.24. The van der Waals surface area contributed by atoms with Gasteiger partial charge in [0, 0.05) is 29.6 Å². The quantitative estimate of drug-likeness (QED) is 0.790. The smallest absolute Gasteiger partial charge is 0.230 e. The van der Waals surface area contributed by atoms with Gasteiger partial charge in [-0.15, -0.1) is 23.4 Å². The second-order valence-electron chi connectivity index (χ2n) is 4.73. The average molecular weight is 284 g/mol. The number of benzene rings is 1. The highest BCUT2D eigenvalue weighted by Gasteiger charge is 2.30. The second kappa shape index (κ2) is 5.98. The average Bonchev–Trinajstić information content (AvgIpc) is 2.78. The van der Waals surface area contributed by atoms with E-state index in [1.54, 1.807) is 11.8 Å². The van der Waals surface area contributed by atoms with Gasteiger partial charge in [-0.05, 0) is 25.0 Å². The van der Waals surface area contributed by atoms with Crippen molar-refractivity contribution in [2.45, 2.75) is 29.5 Å². The first-order chi connectivity index (χ1) is 8.59. The number of hydrogen-bond donors (Lipinski definition) is 0. The Hall–Kier alpha value is -0.670. The molecule has 2 rings (SSSR count). The highest BCUT2D eigenvalue weighted by molar-refractivity contribution is 7.99. The predicted molar refractivity (Wildman–Crippen MR) is 77.5 cm³/mol. The van der Waals surface area contributed by atoms with Gasteiger partial charge < -0.3 is 4.90 Å². The molecule has 0 saturated heterocycles. The molecule has 2 atom stereocenters. The number of likely N-dealkylation sites (N-methyl/N-ethyl adjacent to an activating group) is 1. The van der Waals surface area contributed by atoms with Crippen molar-refractivity contribution in [1.82, 2.24) is 4.90 Å². The van der Waals surface area contributed by atoms with E-state index in [4.69, 9.17) is 11.6 Å². The van der Waals surface area contributed by atoms with Gasteiger partial charge in [-0.1, -0.05) is 18.2 Å². The van der Waals surface area contributed by atoms with E-state index in [1.165, 1.54) is 10.5 Å². The molecular formula is C14H18ClNOS. The van der Waals surface area contributed by atoms with Crippen LogP contribution in [0.2, 0.25) is 0 Å². The molecule has 0 spiro atoms. The van der Waals surface area contributed by atoms with Crippen LogP contribution in [0, 0.1) is 0 Å². The van der Waals surface area contributed by atoms with Crippen LogP contribution in [0.5, 0.6) is 0 Å². The van der Waals surface area contributed by atoms with Crippen molar-refractivity contribution in [2.75, 3.05) is 19.3 Å². The van der Waals surface area contributed by atoms with Crippen LogP contribution in [0.4, 0.5) is 0 Å². The van der Waals surface area contributed by atoms with E-state index in [-0.39, 0.29) is 17.2 Å². The Bertz CT molecular complexity index is 436. The first-order valence-electron chi connectivity index (χ1n) is 6.20. The molecule has 1 aromatic carbocycles. The van der Waals surface area contributed by atoms with Crippen molar-refractivity contribution >= 4 is 29.3 Å². The van der Waals surface area contributed by atoms with Crippen molar-refractivity contribution < 1.29 is 4.79 Å². The Kier molecular flexibility index (Phi) is 4.57. The van der Waals surface area contributed by atoms with Crippen LogP contribution in [-0.2, 0) is 4.79 Å². The Morgan fingerprint density at radius 1 is 1.56 bits per heavy atom. The van der Waals surface area contributed by atoms with Crippen molar-refractivity contribution in [1.29, 1.82) is 0 Å². The molecule has 4 heteroatoms. The van der Waals surface area contributed by atoms with E-state index in [2.05, 4.69) is 12.1 Å². The van der Waals surface area contributed by atoms with E-state index >= 15 is 0 Å². The van der Waals surface area contributed by atoms with E-state index in [1.807, 2.05) is 31.0 Å². The summed E-state index contributed by atoms with van der Waals surface area (Å²) < 4.78 is 0. The lowest BCUT2D eigenvalue weighted by Gasteiger charge is -2.21. The highest BCUT2D eigenvalue weighted by atomic mass is 35.5. The minimum absolute atomic E-state index is 0.0156. The molecule has 0 fully saturated rings. The lowest BCUT2D eigenvalue weighted by molar-refractivity contribution is -0.131. The van der Waals surface area contributed by atoms with Crippen LogP contribution in [0.1, 0.15) is 24.8 Å². The summed E-state index contributed by atoms with van der Waals surface area (Å²) in [6, 6.07) is 8.19. The second-order valence-corrected chi connectivity index (χ2v) is 6.54. The largest absolute Gasteiger partial charge is 0.345 e. The Morgan fingerprint density at radius 3 is 3.00 bits per heavy atom. The van der Waals surface area contributed by atoms with Gasteiger partial charge in [0.1, 0.15) is 0 Å². The molecule has 2 unspecified atom stereocenters. The third kappa shape index (κ3) is 3.01. The number of fused-ring (bicyclic) bond motifs is 1. The van der Waals surface area contributed by atoms with Gasteiger partial charge in [0.05, 0.1) is 5.92 Å². The minimum atomic E-state index is 0.0156. The number of alkyl halides is 1. The molecule has 0 bridgehead atoms. The first-order valence-corrected chi connectivity index (χ1v) is 7.62. The van der Waals surface area contributed by atoms with Crippen LogP contribution in [0.15, 0.2) is 29.2 Å². The summed E-state index contributed by atoms with van der Waals surface area (Å²) in [4.78, 5) is 15.4. The van der Waals surface area contributed by atoms with Gasteiger partial charge in [0.25, 0.3) is 0 Å². The van der Waals surface area contributed by atoms with Crippen LogP contribution >= 0.6 is 23.4 Å².